The second-order valence-corrected chi connectivity index (χ2v) is 18.2. The summed E-state index contributed by atoms with van der Waals surface area (Å²) in [5.41, 5.74) is -3.86. The first-order chi connectivity index (χ1) is 25.3. The first kappa shape index (κ1) is 41.4. The zero-order valence-corrected chi connectivity index (χ0v) is 32.8. The third-order valence-corrected chi connectivity index (χ3v) is 11.6. The molecule has 3 heterocycles. The van der Waals surface area contributed by atoms with Crippen LogP contribution in [0.1, 0.15) is 74.7 Å². The number of hydrogen-bond acceptors (Lipinski definition) is 12. The highest BCUT2D eigenvalue weighted by atomic mass is 32.2. The van der Waals surface area contributed by atoms with Gasteiger partial charge in [0.2, 0.25) is 21.8 Å². The van der Waals surface area contributed by atoms with Crippen LogP contribution < -0.4 is 30.1 Å². The van der Waals surface area contributed by atoms with Crippen LogP contribution in [0.3, 0.4) is 0 Å². The van der Waals surface area contributed by atoms with Gasteiger partial charge in [0.05, 0.1) is 11.8 Å². The molecule has 55 heavy (non-hydrogen) atoms. The number of aromatic nitrogens is 1. The summed E-state index contributed by atoms with van der Waals surface area (Å²) in [4.78, 5) is 61.4. The lowest BCUT2D eigenvalue weighted by Crippen LogP contribution is -2.68. The zero-order valence-electron chi connectivity index (χ0n) is 32.0. The van der Waals surface area contributed by atoms with Crippen molar-refractivity contribution in [2.75, 3.05) is 6.54 Å². The van der Waals surface area contributed by atoms with Gasteiger partial charge < -0.3 is 29.2 Å². The molecule has 0 bridgehead atoms. The fourth-order valence-corrected chi connectivity index (χ4v) is 7.72. The minimum absolute atomic E-state index is 0.0387. The summed E-state index contributed by atoms with van der Waals surface area (Å²) in [6.07, 6.45) is -2.59. The van der Waals surface area contributed by atoms with Crippen LogP contribution in [-0.4, -0.2) is 94.5 Å². The maximum absolute atomic E-state index is 14.6. The number of nitrogens with two attached hydrogens (primary N) is 1. The summed E-state index contributed by atoms with van der Waals surface area (Å²) < 4.78 is 76.6. The van der Waals surface area contributed by atoms with E-state index in [1.807, 2.05) is 0 Å². The number of amides is 4. The van der Waals surface area contributed by atoms with E-state index >= 15 is 0 Å². The number of benzene rings is 1. The van der Waals surface area contributed by atoms with Gasteiger partial charge in [0.25, 0.3) is 11.8 Å². The normalized spacial score (nSPS) is 21.5. The van der Waals surface area contributed by atoms with Gasteiger partial charge in [-0.3, -0.25) is 24.1 Å². The Bertz CT molecular complexity index is 2000. The molecule has 4 amide bonds. The number of nitrogens with zero attached hydrogens (tertiary/aromatic N) is 3. The summed E-state index contributed by atoms with van der Waals surface area (Å²) in [5.74, 6) is 2.39. The fourth-order valence-electron chi connectivity index (χ4n) is 6.33. The maximum atomic E-state index is 14.6. The molecule has 19 heteroatoms. The van der Waals surface area contributed by atoms with Gasteiger partial charge in [-0.25, -0.2) is 24.0 Å². The predicted octanol–water partition coefficient (Wildman–Crippen LogP) is 3.74. The number of rotatable bonds is 11. The molecule has 2 fully saturated rings. The fraction of sp³-hybridized carbons (Fsp3) is 0.583. The van der Waals surface area contributed by atoms with Crippen LogP contribution in [0.2, 0.25) is 0 Å². The number of ether oxygens (including phenoxy) is 4. The van der Waals surface area contributed by atoms with Gasteiger partial charge in [-0.15, -0.1) is 15.4 Å². The molecular formula is C36H48F2N6O10S. The Balaban J connectivity index is 1.51. The third kappa shape index (κ3) is 8.56. The molecule has 5 rings (SSSR count). The minimum Gasteiger partial charge on any atom is -0.472 e. The highest BCUT2D eigenvalue weighted by Gasteiger charge is 2.53. The molecule has 2 aliphatic heterocycles. The second kappa shape index (κ2) is 14.4. The zero-order chi connectivity index (χ0) is 41.1. The lowest BCUT2D eigenvalue weighted by molar-refractivity contribution is -0.286. The van der Waals surface area contributed by atoms with Crippen molar-refractivity contribution in [1.82, 2.24) is 24.9 Å². The quantitative estimate of drug-likeness (QED) is 0.129. The number of hydrazine groups is 1. The number of hydrogen-bond donors (Lipinski definition) is 3. The van der Waals surface area contributed by atoms with E-state index < -0.39 is 86.0 Å². The number of alkyl carbamates (subject to hydrolysis) is 1. The van der Waals surface area contributed by atoms with E-state index in [1.165, 1.54) is 49.2 Å². The molecule has 0 radical (unpaired) electrons. The SMILES string of the molecule is C=C[C@H](C)[C@](C)(C(=O)NS(=O)(=O)C1CC1)N(N)C(=O)[C@@H]1C[C@@H](Oc2nccc3c4c(ccc23)OC(F)(F)O4)CN1C(=O)[C@@H](NC(=O)OC(C)(C)C)C(C)(C)C. The molecule has 1 saturated carbocycles. The first-order valence-corrected chi connectivity index (χ1v) is 19.3. The van der Waals surface area contributed by atoms with E-state index in [4.69, 9.17) is 20.1 Å². The van der Waals surface area contributed by atoms with Crippen LogP contribution in [-0.2, 0) is 29.1 Å². The van der Waals surface area contributed by atoms with Gasteiger partial charge in [-0.05, 0) is 64.2 Å². The Morgan fingerprint density at radius 3 is 2.33 bits per heavy atom. The van der Waals surface area contributed by atoms with E-state index in [1.54, 1.807) is 41.5 Å². The molecule has 4 N–H and O–H groups in total. The van der Waals surface area contributed by atoms with E-state index in [2.05, 4.69) is 26.3 Å². The summed E-state index contributed by atoms with van der Waals surface area (Å²) in [5, 5.41) is 2.93. The average molecular weight is 795 g/mol. The lowest BCUT2D eigenvalue weighted by Gasteiger charge is -2.42. The number of alkyl halides is 2. The van der Waals surface area contributed by atoms with Crippen LogP contribution in [0, 0.1) is 11.3 Å². The predicted molar refractivity (Wildman–Crippen MR) is 194 cm³/mol. The molecule has 3 aliphatic rings. The molecule has 1 aromatic carbocycles. The number of pyridine rings is 1. The number of carbonyl (C=O) groups excluding carboxylic acids is 4. The van der Waals surface area contributed by atoms with Gasteiger partial charge in [-0.1, -0.05) is 33.8 Å². The Morgan fingerprint density at radius 2 is 1.75 bits per heavy atom. The van der Waals surface area contributed by atoms with Crippen molar-refractivity contribution in [2.45, 2.75) is 116 Å². The molecule has 5 atom stereocenters. The molecule has 1 saturated heterocycles. The summed E-state index contributed by atoms with van der Waals surface area (Å²) in [6, 6.07) is 1.46. The molecule has 0 unspecified atom stereocenters. The van der Waals surface area contributed by atoms with E-state index in [-0.39, 0.29) is 41.1 Å². The summed E-state index contributed by atoms with van der Waals surface area (Å²) in [6.45, 7) is 16.3. The standard InChI is InChI=1S/C36H48F2N6O10S/c1-10-19(2)35(9,31(47)42-55(49,50)21-11-12-21)44(39)29(45)24-17-20(18-43(24)30(46)27(33(3,4)5)41-32(48)54-34(6,7)8)51-28-23-13-14-25-26(22(23)15-16-40-28)53-36(37,38)52-25/h10,13-16,19-21,24,27H,1,11-12,17-18,39H2,2-9H3,(H,41,48)(H,42,47)/t19-,20+,24-,27+,35+/m0/s1. The minimum atomic E-state index is -4.07. The maximum Gasteiger partial charge on any atom is 0.586 e. The van der Waals surface area contributed by atoms with Crippen molar-refractivity contribution in [3.63, 3.8) is 0 Å². The number of sulfonamides is 1. The second-order valence-electron chi connectivity index (χ2n) is 16.3. The average Bonchev–Trinajstić information content (AvgIpc) is 3.78. The molecule has 16 nitrogen and oxygen atoms in total. The molecular weight excluding hydrogens is 746 g/mol. The Morgan fingerprint density at radius 1 is 1.09 bits per heavy atom. The number of fused-ring (bicyclic) bond motifs is 3. The van der Waals surface area contributed by atoms with Crippen LogP contribution >= 0.6 is 0 Å². The highest BCUT2D eigenvalue weighted by Crippen LogP contribution is 2.47. The summed E-state index contributed by atoms with van der Waals surface area (Å²) in [7, 11) is -4.07. The van der Waals surface area contributed by atoms with Crippen LogP contribution in [0.4, 0.5) is 13.6 Å². The first-order valence-electron chi connectivity index (χ1n) is 17.7. The highest BCUT2D eigenvalue weighted by molar-refractivity contribution is 7.91. The van der Waals surface area contributed by atoms with Crippen molar-refractivity contribution in [2.24, 2.45) is 17.2 Å². The van der Waals surface area contributed by atoms with Crippen molar-refractivity contribution in [3.8, 4) is 17.4 Å². The van der Waals surface area contributed by atoms with Gasteiger partial charge in [-0.2, -0.15) is 0 Å². The molecule has 1 aromatic heterocycles. The van der Waals surface area contributed by atoms with Crippen LogP contribution in [0.15, 0.2) is 37.1 Å². The number of nitrogens with one attached hydrogen (secondary N) is 2. The van der Waals surface area contributed by atoms with E-state index in [0.29, 0.717) is 17.9 Å². The van der Waals surface area contributed by atoms with Crippen molar-refractivity contribution in [1.29, 1.82) is 0 Å². The van der Waals surface area contributed by atoms with E-state index in [9.17, 15) is 36.4 Å². The smallest absolute Gasteiger partial charge is 0.472 e. The van der Waals surface area contributed by atoms with Crippen LogP contribution in [0.5, 0.6) is 17.4 Å². The van der Waals surface area contributed by atoms with Gasteiger partial charge >= 0.3 is 12.4 Å². The van der Waals surface area contributed by atoms with Gasteiger partial charge in [0.15, 0.2) is 11.5 Å². The largest absolute Gasteiger partial charge is 0.586 e. The molecule has 2 aromatic rings. The van der Waals surface area contributed by atoms with Crippen molar-refractivity contribution >= 4 is 44.6 Å². The third-order valence-electron chi connectivity index (χ3n) is 9.79. The monoisotopic (exact) mass is 794 g/mol. The van der Waals surface area contributed by atoms with E-state index in [0.717, 1.165) is 0 Å². The lowest BCUT2D eigenvalue weighted by atomic mass is 9.84. The number of halogens is 2. The van der Waals surface area contributed by atoms with Crippen LogP contribution in [0.25, 0.3) is 10.8 Å². The summed E-state index contributed by atoms with van der Waals surface area (Å²) >= 11 is 0. The van der Waals surface area contributed by atoms with Gasteiger partial charge in [0, 0.05) is 29.3 Å². The van der Waals surface area contributed by atoms with Gasteiger partial charge in [0.1, 0.15) is 29.3 Å². The molecule has 302 valence electrons. The molecule has 0 spiro atoms. The topological polar surface area (TPSA) is 209 Å². The molecule has 1 aliphatic carbocycles. The number of likely N-dealkylation sites (tertiary alicyclic amines) is 1. The number of carbonyl (C=O) groups is 4. The van der Waals surface area contributed by atoms with Crippen molar-refractivity contribution < 1.29 is 55.3 Å². The Labute approximate surface area is 318 Å². The Kier molecular flexibility index (Phi) is 10.8. The Hall–Kier alpha value is -4.78. The van der Waals surface area contributed by atoms with Crippen molar-refractivity contribution in [3.05, 3.63) is 37.1 Å².